The molecule has 0 heterocycles. The van der Waals surface area contributed by atoms with Crippen LogP contribution in [0.2, 0.25) is 0 Å². The Morgan fingerprint density at radius 2 is 2.06 bits per heavy atom. The van der Waals surface area contributed by atoms with Crippen molar-refractivity contribution in [3.8, 4) is 0 Å². The number of nitro benzene ring substituents is 1. The van der Waals surface area contributed by atoms with E-state index in [-0.39, 0.29) is 10.6 Å². The smallest absolute Gasteiger partial charge is 0.258 e. The molecule has 0 aromatic heterocycles. The van der Waals surface area contributed by atoms with Crippen LogP contribution in [-0.4, -0.2) is 19.9 Å². The van der Waals surface area contributed by atoms with Gasteiger partial charge in [0.25, 0.3) is 5.69 Å². The summed E-state index contributed by atoms with van der Waals surface area (Å²) in [5.74, 6) is 0. The molecule has 0 aliphatic rings. The number of unbranched alkanes of at least 4 members (excludes halogenated alkanes) is 1. The Labute approximate surface area is 106 Å². The Hall–Kier alpha value is -1.47. The average Bonchev–Trinajstić information content (AvgIpc) is 2.29. The summed E-state index contributed by atoms with van der Waals surface area (Å²) in [7, 11) is -3.67. The molecule has 0 bridgehead atoms. The second kappa shape index (κ2) is 5.92. The maximum atomic E-state index is 12.0. The fourth-order valence-corrected chi connectivity index (χ4v) is 2.79. The largest absolute Gasteiger partial charge is 0.270 e. The summed E-state index contributed by atoms with van der Waals surface area (Å²) in [5, 5.41) is 10.6. The van der Waals surface area contributed by atoms with E-state index >= 15 is 0 Å². The lowest BCUT2D eigenvalue weighted by molar-refractivity contribution is -0.385. The summed E-state index contributed by atoms with van der Waals surface area (Å²) < 4.78 is 26.4. The summed E-state index contributed by atoms with van der Waals surface area (Å²) in [6.45, 7) is 3.89. The van der Waals surface area contributed by atoms with Crippen LogP contribution < -0.4 is 4.72 Å². The van der Waals surface area contributed by atoms with Crippen molar-refractivity contribution in [3.63, 3.8) is 0 Å². The molecule has 0 spiro atoms. The average molecular weight is 272 g/mol. The molecule has 0 aliphatic carbocycles. The Morgan fingerprint density at radius 1 is 1.39 bits per heavy atom. The highest BCUT2D eigenvalue weighted by Gasteiger charge is 2.19. The number of benzene rings is 1. The predicted octanol–water partition coefficient (Wildman–Crippen LogP) is 1.98. The first-order valence-electron chi connectivity index (χ1n) is 5.63. The number of nitrogens with one attached hydrogen (secondary N) is 1. The van der Waals surface area contributed by atoms with E-state index in [2.05, 4.69) is 4.72 Å². The molecule has 0 amide bonds. The first-order chi connectivity index (χ1) is 8.38. The van der Waals surface area contributed by atoms with Gasteiger partial charge in [0, 0.05) is 18.7 Å². The molecular weight excluding hydrogens is 256 g/mol. The third-order valence-corrected chi connectivity index (χ3v) is 4.10. The minimum atomic E-state index is -3.67. The van der Waals surface area contributed by atoms with Gasteiger partial charge in [-0.05, 0) is 18.9 Å². The van der Waals surface area contributed by atoms with Crippen molar-refractivity contribution < 1.29 is 13.3 Å². The lowest BCUT2D eigenvalue weighted by Crippen LogP contribution is -2.25. The quantitative estimate of drug-likeness (QED) is 0.487. The van der Waals surface area contributed by atoms with Crippen LogP contribution in [0.25, 0.3) is 0 Å². The maximum Gasteiger partial charge on any atom is 0.270 e. The number of aryl methyl sites for hydroxylation is 1. The van der Waals surface area contributed by atoms with E-state index in [1.807, 2.05) is 6.92 Å². The number of non-ortho nitro benzene ring substituents is 1. The van der Waals surface area contributed by atoms with E-state index in [0.29, 0.717) is 12.1 Å². The van der Waals surface area contributed by atoms with Crippen molar-refractivity contribution in [2.45, 2.75) is 31.6 Å². The predicted molar refractivity (Wildman–Crippen MR) is 67.9 cm³/mol. The molecule has 6 nitrogen and oxygen atoms in total. The maximum absolute atomic E-state index is 12.0. The van der Waals surface area contributed by atoms with Crippen LogP contribution in [0.15, 0.2) is 23.1 Å². The van der Waals surface area contributed by atoms with Crippen molar-refractivity contribution >= 4 is 15.7 Å². The molecule has 1 aromatic rings. The van der Waals surface area contributed by atoms with Crippen LogP contribution in [0, 0.1) is 17.0 Å². The summed E-state index contributed by atoms with van der Waals surface area (Å²) in [6.07, 6.45) is 1.60. The van der Waals surface area contributed by atoms with Gasteiger partial charge in [-0.25, -0.2) is 13.1 Å². The molecule has 7 heteroatoms. The molecule has 0 saturated carbocycles. The van der Waals surface area contributed by atoms with Crippen LogP contribution >= 0.6 is 0 Å². The molecule has 18 heavy (non-hydrogen) atoms. The number of nitrogens with zero attached hydrogens (tertiary/aromatic N) is 1. The topological polar surface area (TPSA) is 89.3 Å². The Morgan fingerprint density at radius 3 is 2.61 bits per heavy atom. The van der Waals surface area contributed by atoms with E-state index in [1.54, 1.807) is 6.92 Å². The van der Waals surface area contributed by atoms with Crippen LogP contribution in [0.1, 0.15) is 25.3 Å². The summed E-state index contributed by atoms with van der Waals surface area (Å²) >= 11 is 0. The standard InChI is InChI=1S/C11H16N2O4S/c1-3-4-7-12-18(16,17)11-8-10(13(14)15)6-5-9(11)2/h5-6,8,12H,3-4,7H2,1-2H3. The molecular formula is C11H16N2O4S. The van der Waals surface area contributed by atoms with E-state index in [0.717, 1.165) is 18.9 Å². The summed E-state index contributed by atoms with van der Waals surface area (Å²) in [5.41, 5.74) is 0.265. The van der Waals surface area contributed by atoms with Crippen LogP contribution in [0.3, 0.4) is 0 Å². The molecule has 0 fully saturated rings. The number of sulfonamides is 1. The fraction of sp³-hybridized carbons (Fsp3) is 0.455. The van der Waals surface area contributed by atoms with Gasteiger partial charge >= 0.3 is 0 Å². The monoisotopic (exact) mass is 272 g/mol. The first-order valence-corrected chi connectivity index (χ1v) is 7.11. The highest BCUT2D eigenvalue weighted by molar-refractivity contribution is 7.89. The van der Waals surface area contributed by atoms with Gasteiger partial charge in [0.05, 0.1) is 9.82 Å². The fourth-order valence-electron chi connectivity index (χ4n) is 1.45. The molecule has 1 aromatic carbocycles. The normalized spacial score (nSPS) is 11.4. The second-order valence-electron chi connectivity index (χ2n) is 3.96. The molecule has 0 aliphatic heterocycles. The zero-order chi connectivity index (χ0) is 13.8. The molecule has 0 atom stereocenters. The van der Waals surface area contributed by atoms with Crippen molar-refractivity contribution in [2.75, 3.05) is 6.54 Å². The highest BCUT2D eigenvalue weighted by Crippen LogP contribution is 2.21. The van der Waals surface area contributed by atoms with E-state index in [9.17, 15) is 18.5 Å². The lowest BCUT2D eigenvalue weighted by atomic mass is 10.2. The molecule has 0 saturated heterocycles. The number of hydrogen-bond donors (Lipinski definition) is 1. The Kier molecular flexibility index (Phi) is 4.80. The van der Waals surface area contributed by atoms with Gasteiger partial charge in [0.2, 0.25) is 10.0 Å². The second-order valence-corrected chi connectivity index (χ2v) is 5.69. The Balaban J connectivity index is 3.07. The number of hydrogen-bond acceptors (Lipinski definition) is 4. The number of rotatable bonds is 6. The van der Waals surface area contributed by atoms with Crippen LogP contribution in [-0.2, 0) is 10.0 Å². The lowest BCUT2D eigenvalue weighted by Gasteiger charge is -2.08. The third kappa shape index (κ3) is 3.51. The van der Waals surface area contributed by atoms with Gasteiger partial charge in [0.1, 0.15) is 0 Å². The molecule has 1 N–H and O–H groups in total. The van der Waals surface area contributed by atoms with Crippen molar-refractivity contribution in [1.82, 2.24) is 4.72 Å². The third-order valence-electron chi connectivity index (χ3n) is 2.49. The van der Waals surface area contributed by atoms with Gasteiger partial charge in [-0.15, -0.1) is 0 Å². The van der Waals surface area contributed by atoms with Gasteiger partial charge in [-0.1, -0.05) is 19.4 Å². The zero-order valence-corrected chi connectivity index (χ0v) is 11.2. The van der Waals surface area contributed by atoms with E-state index in [4.69, 9.17) is 0 Å². The molecule has 0 radical (unpaired) electrons. The van der Waals surface area contributed by atoms with Gasteiger partial charge in [-0.3, -0.25) is 10.1 Å². The van der Waals surface area contributed by atoms with E-state index < -0.39 is 14.9 Å². The minimum absolute atomic E-state index is 0.0344. The van der Waals surface area contributed by atoms with Gasteiger partial charge in [0.15, 0.2) is 0 Å². The van der Waals surface area contributed by atoms with Crippen LogP contribution in [0.4, 0.5) is 5.69 Å². The van der Waals surface area contributed by atoms with Crippen molar-refractivity contribution in [2.24, 2.45) is 0 Å². The first kappa shape index (κ1) is 14.6. The molecule has 1 rings (SSSR count). The SMILES string of the molecule is CCCCNS(=O)(=O)c1cc([N+](=O)[O-])ccc1C. The molecule has 100 valence electrons. The Bertz CT molecular complexity index is 540. The highest BCUT2D eigenvalue weighted by atomic mass is 32.2. The summed E-state index contributed by atoms with van der Waals surface area (Å²) in [6, 6.07) is 3.82. The zero-order valence-electron chi connectivity index (χ0n) is 10.3. The minimum Gasteiger partial charge on any atom is -0.258 e. The number of nitro groups is 1. The van der Waals surface area contributed by atoms with Crippen molar-refractivity contribution in [1.29, 1.82) is 0 Å². The van der Waals surface area contributed by atoms with Crippen molar-refractivity contribution in [3.05, 3.63) is 33.9 Å². The van der Waals surface area contributed by atoms with E-state index in [1.165, 1.54) is 12.1 Å². The van der Waals surface area contributed by atoms with Gasteiger partial charge in [-0.2, -0.15) is 0 Å². The summed E-state index contributed by atoms with van der Waals surface area (Å²) in [4.78, 5) is 10.0. The molecule has 0 unspecified atom stereocenters. The van der Waals surface area contributed by atoms with Gasteiger partial charge < -0.3 is 0 Å². The van der Waals surface area contributed by atoms with Crippen LogP contribution in [0.5, 0.6) is 0 Å².